The number of aromatic nitrogens is 1. The molecule has 0 bridgehead atoms. The van der Waals surface area contributed by atoms with Crippen molar-refractivity contribution in [3.8, 4) is 0 Å². The van der Waals surface area contributed by atoms with Crippen molar-refractivity contribution < 1.29 is 14.4 Å². The molecule has 4 rings (SSSR count). The first-order valence-corrected chi connectivity index (χ1v) is 9.66. The van der Waals surface area contributed by atoms with Crippen LogP contribution in [-0.2, 0) is 9.59 Å². The molecule has 2 N–H and O–H groups in total. The van der Waals surface area contributed by atoms with E-state index >= 15 is 0 Å². The van der Waals surface area contributed by atoms with Crippen LogP contribution in [0.4, 0.5) is 5.69 Å². The van der Waals surface area contributed by atoms with Gasteiger partial charge in [-0.2, -0.15) is 0 Å². The number of hydrogen-bond acceptors (Lipinski definition) is 4. The van der Waals surface area contributed by atoms with E-state index in [0.29, 0.717) is 29.8 Å². The van der Waals surface area contributed by atoms with E-state index in [-0.39, 0.29) is 35.0 Å². The van der Waals surface area contributed by atoms with Crippen molar-refractivity contribution in [2.24, 2.45) is 11.1 Å². The highest BCUT2D eigenvalue weighted by atomic mass is 16.2. The number of benzene rings is 1. The average Bonchev–Trinajstić information content (AvgIpc) is 2.67. The first-order valence-electron chi connectivity index (χ1n) is 9.66. The quantitative estimate of drug-likeness (QED) is 0.871. The van der Waals surface area contributed by atoms with Crippen molar-refractivity contribution in [1.82, 2.24) is 4.98 Å². The number of nitrogens with two attached hydrogens (primary N) is 1. The molecule has 2 heterocycles. The van der Waals surface area contributed by atoms with Crippen molar-refractivity contribution in [3.63, 3.8) is 0 Å². The molecular formula is C23H23N3O3. The van der Waals surface area contributed by atoms with E-state index in [1.165, 1.54) is 0 Å². The lowest BCUT2D eigenvalue weighted by molar-refractivity contribution is -0.121. The number of Topliss-reactive ketones (excluding diaryl/α,β-unsaturated/α-hetero) is 1. The first-order chi connectivity index (χ1) is 13.8. The van der Waals surface area contributed by atoms with Crippen molar-refractivity contribution in [1.29, 1.82) is 0 Å². The average molecular weight is 389 g/mol. The molecule has 0 spiro atoms. The van der Waals surface area contributed by atoms with Crippen LogP contribution in [0, 0.1) is 5.41 Å². The van der Waals surface area contributed by atoms with E-state index in [1.54, 1.807) is 41.6 Å². The Balaban J connectivity index is 1.94. The zero-order valence-electron chi connectivity index (χ0n) is 16.5. The third-order valence-corrected chi connectivity index (χ3v) is 5.64. The standard InChI is InChI=1S/C23H23N3O3/c1-23(2)11-18-21(19(27)12-23)16(14-6-5-9-25-13-14)10-20(28)26(18)17-8-4-3-7-15(17)22(24)29/h3-9,13,16H,10-12H2,1-2H3,(H2,24,29). The molecule has 148 valence electrons. The predicted octanol–water partition coefficient (Wildman–Crippen LogP) is 3.34. The van der Waals surface area contributed by atoms with Crippen LogP contribution in [0.25, 0.3) is 0 Å². The van der Waals surface area contributed by atoms with Gasteiger partial charge in [0, 0.05) is 42.4 Å². The van der Waals surface area contributed by atoms with E-state index in [4.69, 9.17) is 5.73 Å². The van der Waals surface area contributed by atoms with E-state index in [2.05, 4.69) is 4.98 Å². The smallest absolute Gasteiger partial charge is 0.250 e. The maximum atomic E-state index is 13.3. The molecular weight excluding hydrogens is 366 g/mol. The van der Waals surface area contributed by atoms with Gasteiger partial charge in [0.25, 0.3) is 5.91 Å². The fourth-order valence-corrected chi connectivity index (χ4v) is 4.44. The zero-order chi connectivity index (χ0) is 20.8. The third-order valence-electron chi connectivity index (χ3n) is 5.64. The summed E-state index contributed by atoms with van der Waals surface area (Å²) >= 11 is 0. The van der Waals surface area contributed by atoms with Crippen molar-refractivity contribution >= 4 is 23.3 Å². The number of para-hydroxylation sites is 1. The molecule has 0 saturated heterocycles. The van der Waals surface area contributed by atoms with Crippen LogP contribution in [-0.4, -0.2) is 22.6 Å². The summed E-state index contributed by atoms with van der Waals surface area (Å²) in [7, 11) is 0. The van der Waals surface area contributed by atoms with E-state index < -0.39 is 5.91 Å². The molecule has 0 saturated carbocycles. The lowest BCUT2D eigenvalue weighted by Crippen LogP contribution is -2.44. The lowest BCUT2D eigenvalue weighted by Gasteiger charge is -2.43. The van der Waals surface area contributed by atoms with E-state index in [1.807, 2.05) is 26.0 Å². The highest BCUT2D eigenvalue weighted by Crippen LogP contribution is 2.48. The minimum absolute atomic E-state index is 0.0409. The number of amides is 2. The Labute approximate surface area is 169 Å². The van der Waals surface area contributed by atoms with Gasteiger partial charge in [0.05, 0.1) is 11.3 Å². The van der Waals surface area contributed by atoms with Crippen LogP contribution >= 0.6 is 0 Å². The van der Waals surface area contributed by atoms with Gasteiger partial charge >= 0.3 is 0 Å². The molecule has 1 aliphatic heterocycles. The topological polar surface area (TPSA) is 93.4 Å². The molecule has 2 aliphatic rings. The number of allylic oxidation sites excluding steroid dienone is 2. The second-order valence-electron chi connectivity index (χ2n) is 8.45. The minimum Gasteiger partial charge on any atom is -0.366 e. The summed E-state index contributed by atoms with van der Waals surface area (Å²) < 4.78 is 0. The highest BCUT2D eigenvalue weighted by molar-refractivity contribution is 6.10. The minimum atomic E-state index is -0.605. The number of nitrogens with zero attached hydrogens (tertiary/aromatic N) is 2. The summed E-state index contributed by atoms with van der Waals surface area (Å²) in [5.41, 5.74) is 8.16. The normalized spacial score (nSPS) is 21.2. The maximum absolute atomic E-state index is 13.3. The van der Waals surface area contributed by atoms with Crippen molar-refractivity contribution in [3.05, 3.63) is 71.2 Å². The van der Waals surface area contributed by atoms with Gasteiger partial charge in [-0.05, 0) is 35.6 Å². The lowest BCUT2D eigenvalue weighted by atomic mass is 9.69. The number of anilines is 1. The van der Waals surface area contributed by atoms with Gasteiger partial charge in [-0.1, -0.05) is 32.0 Å². The monoisotopic (exact) mass is 389 g/mol. The number of rotatable bonds is 3. The second-order valence-corrected chi connectivity index (χ2v) is 8.45. The molecule has 1 aromatic heterocycles. The Morgan fingerprint density at radius 1 is 1.14 bits per heavy atom. The Bertz CT molecular complexity index is 1040. The zero-order valence-corrected chi connectivity index (χ0v) is 16.5. The molecule has 1 unspecified atom stereocenters. The molecule has 1 atom stereocenters. The molecule has 29 heavy (non-hydrogen) atoms. The highest BCUT2D eigenvalue weighted by Gasteiger charge is 2.44. The number of hydrogen-bond donors (Lipinski definition) is 1. The molecule has 6 heteroatoms. The number of carbonyl (C=O) groups is 3. The Morgan fingerprint density at radius 3 is 2.59 bits per heavy atom. The van der Waals surface area contributed by atoms with Crippen LogP contribution in [0.1, 0.15) is 54.9 Å². The van der Waals surface area contributed by atoms with E-state index in [9.17, 15) is 14.4 Å². The molecule has 1 aromatic carbocycles. The first kappa shape index (κ1) is 19.1. The number of ketones is 1. The number of primary amides is 1. The molecule has 2 aromatic rings. The number of pyridine rings is 1. The molecule has 1 aliphatic carbocycles. The van der Waals surface area contributed by atoms with Crippen LogP contribution in [0.15, 0.2) is 60.1 Å². The Morgan fingerprint density at radius 2 is 1.90 bits per heavy atom. The molecule has 0 radical (unpaired) electrons. The fraction of sp³-hybridized carbons (Fsp3) is 0.304. The van der Waals surface area contributed by atoms with Crippen LogP contribution in [0.2, 0.25) is 0 Å². The van der Waals surface area contributed by atoms with E-state index in [0.717, 1.165) is 5.56 Å². The molecule has 6 nitrogen and oxygen atoms in total. The third kappa shape index (κ3) is 3.35. The summed E-state index contributed by atoms with van der Waals surface area (Å²) in [6.07, 6.45) is 4.50. The van der Waals surface area contributed by atoms with Crippen LogP contribution in [0.5, 0.6) is 0 Å². The largest absolute Gasteiger partial charge is 0.366 e. The van der Waals surface area contributed by atoms with Gasteiger partial charge in [-0.25, -0.2) is 0 Å². The second kappa shape index (κ2) is 6.95. The van der Waals surface area contributed by atoms with Gasteiger partial charge < -0.3 is 5.73 Å². The van der Waals surface area contributed by atoms with Crippen molar-refractivity contribution in [2.75, 3.05) is 4.90 Å². The predicted molar refractivity (Wildman–Crippen MR) is 109 cm³/mol. The SMILES string of the molecule is CC1(C)CC(=O)C2=C(C1)N(c1ccccc1C(N)=O)C(=O)CC2c1cccnc1. The number of carbonyl (C=O) groups excluding carboxylic acids is 3. The maximum Gasteiger partial charge on any atom is 0.250 e. The Kier molecular flexibility index (Phi) is 4.57. The molecule has 0 fully saturated rings. The van der Waals surface area contributed by atoms with Gasteiger partial charge in [0.15, 0.2) is 5.78 Å². The van der Waals surface area contributed by atoms with Crippen LogP contribution in [0.3, 0.4) is 0 Å². The van der Waals surface area contributed by atoms with Crippen molar-refractivity contribution in [2.45, 2.75) is 39.0 Å². The summed E-state index contributed by atoms with van der Waals surface area (Å²) in [5, 5.41) is 0. The summed E-state index contributed by atoms with van der Waals surface area (Å²) in [6, 6.07) is 10.5. The van der Waals surface area contributed by atoms with Gasteiger partial charge in [-0.3, -0.25) is 24.3 Å². The van der Waals surface area contributed by atoms with Gasteiger partial charge in [0.1, 0.15) is 0 Å². The fourth-order valence-electron chi connectivity index (χ4n) is 4.44. The van der Waals surface area contributed by atoms with Gasteiger partial charge in [-0.15, -0.1) is 0 Å². The Hall–Kier alpha value is -3.28. The molecule has 2 amide bonds. The summed E-state index contributed by atoms with van der Waals surface area (Å²) in [6.45, 7) is 4.04. The van der Waals surface area contributed by atoms with Gasteiger partial charge in [0.2, 0.25) is 5.91 Å². The summed E-state index contributed by atoms with van der Waals surface area (Å²) in [4.78, 5) is 44.3. The van der Waals surface area contributed by atoms with Crippen LogP contribution < -0.4 is 10.6 Å². The summed E-state index contributed by atoms with van der Waals surface area (Å²) in [5.74, 6) is -1.05.